The van der Waals surface area contributed by atoms with Crippen LogP contribution >= 0.6 is 0 Å². The molecule has 2 unspecified atom stereocenters. The van der Waals surface area contributed by atoms with Crippen LogP contribution in [0.15, 0.2) is 0 Å². The van der Waals surface area contributed by atoms with E-state index >= 15 is 0 Å². The molecule has 0 spiro atoms. The minimum atomic E-state index is -4.60. The average Bonchev–Trinajstić information content (AvgIpc) is 3.34. The maximum atomic E-state index is 12.9. The van der Waals surface area contributed by atoms with Gasteiger partial charge in [-0.05, 0) is 12.8 Å². The van der Waals surface area contributed by atoms with Crippen molar-refractivity contribution in [2.75, 3.05) is 19.0 Å². The van der Waals surface area contributed by atoms with Crippen LogP contribution in [0.1, 0.15) is 303 Å². The van der Waals surface area contributed by atoms with Crippen LogP contribution in [0.5, 0.6) is 0 Å². The number of aliphatic hydroxyl groups is 3. The van der Waals surface area contributed by atoms with Crippen molar-refractivity contribution in [1.29, 1.82) is 0 Å². The molecule has 4 N–H and O–H groups in total. The lowest BCUT2D eigenvalue weighted by molar-refractivity contribution is -0.297. The summed E-state index contributed by atoms with van der Waals surface area (Å²) in [6, 6.07) is 0. The predicted octanol–water partition coefficient (Wildman–Crippen LogP) is 14.7. The Morgan fingerprint density at radius 2 is 0.718 bits per heavy atom. The second-order valence-electron chi connectivity index (χ2n) is 21.4. The molecule has 422 valence electrons. The first-order valence-electron chi connectivity index (χ1n) is 30.1. The summed E-state index contributed by atoms with van der Waals surface area (Å²) in [5, 5.41) is 31.1. The lowest BCUT2D eigenvalue weighted by atomic mass is 10.00. The highest BCUT2D eigenvalue weighted by atomic mass is 32.2. The smallest absolute Gasteiger partial charge is 0.306 e. The lowest BCUT2D eigenvalue weighted by Gasteiger charge is -2.40. The van der Waals surface area contributed by atoms with Gasteiger partial charge in [-0.1, -0.05) is 277 Å². The summed E-state index contributed by atoms with van der Waals surface area (Å²) < 4.78 is 54.5. The Labute approximate surface area is 435 Å². The summed E-state index contributed by atoms with van der Waals surface area (Å²) in [5.41, 5.74) is 0. The van der Waals surface area contributed by atoms with E-state index in [4.69, 9.17) is 18.9 Å². The number of aliphatic hydroxyl groups excluding tert-OH is 3. The summed E-state index contributed by atoms with van der Waals surface area (Å²) in [4.78, 5) is 25.6. The first-order valence-corrected chi connectivity index (χ1v) is 31.7. The van der Waals surface area contributed by atoms with Crippen LogP contribution in [0.3, 0.4) is 0 Å². The van der Waals surface area contributed by atoms with E-state index in [1.54, 1.807) is 0 Å². The van der Waals surface area contributed by atoms with Gasteiger partial charge in [0.05, 0.1) is 6.61 Å². The maximum Gasteiger partial charge on any atom is 0.306 e. The maximum absolute atomic E-state index is 12.9. The molecule has 0 amide bonds. The fraction of sp³-hybridized carbons (Fsp3) is 0.966. The molecule has 1 rings (SSSR count). The van der Waals surface area contributed by atoms with E-state index in [-0.39, 0.29) is 19.4 Å². The zero-order valence-corrected chi connectivity index (χ0v) is 46.7. The Bertz CT molecular complexity index is 1300. The molecule has 0 aliphatic carbocycles. The largest absolute Gasteiger partial charge is 0.462 e. The van der Waals surface area contributed by atoms with Crippen LogP contribution in [-0.4, -0.2) is 96.0 Å². The van der Waals surface area contributed by atoms with Crippen molar-refractivity contribution in [3.05, 3.63) is 0 Å². The van der Waals surface area contributed by atoms with Crippen molar-refractivity contribution in [3.63, 3.8) is 0 Å². The monoisotopic (exact) mass is 1030 g/mol. The van der Waals surface area contributed by atoms with Gasteiger partial charge in [-0.15, -0.1) is 0 Å². The van der Waals surface area contributed by atoms with Gasteiger partial charge in [-0.25, -0.2) is 0 Å². The van der Waals surface area contributed by atoms with Crippen LogP contribution in [0.4, 0.5) is 0 Å². The standard InChI is InChI=1S/C58H112O12S/c1-3-5-7-9-11-13-15-17-19-21-23-25-26-27-29-30-32-34-36-38-40-42-44-46-53(59)67-48-51(49-68-58-57(63)56(62)55(61)52(70-58)50-71(64,65)66)69-54(60)47-45-43-41-39-37-35-33-31-28-24-22-20-18-16-14-12-10-8-6-4-2/h51-52,55-58,61-63H,3-50H2,1-2H3,(H,64,65,66)/t51-,52-,55-,56?,57?,58+/m1/s1. The number of carbonyl (C=O) groups is 2. The molecule has 0 saturated carbocycles. The second-order valence-corrected chi connectivity index (χ2v) is 22.9. The van der Waals surface area contributed by atoms with Crippen LogP contribution < -0.4 is 0 Å². The van der Waals surface area contributed by atoms with E-state index in [1.807, 2.05) is 0 Å². The molecular weight excluding hydrogens is 921 g/mol. The Hall–Kier alpha value is -1.35. The van der Waals surface area contributed by atoms with E-state index in [9.17, 15) is 37.9 Å². The highest BCUT2D eigenvalue weighted by molar-refractivity contribution is 7.85. The average molecular weight is 1030 g/mol. The molecule has 13 heteroatoms. The van der Waals surface area contributed by atoms with Gasteiger partial charge in [0.25, 0.3) is 10.1 Å². The zero-order chi connectivity index (χ0) is 51.9. The molecule has 0 radical (unpaired) electrons. The molecular formula is C58H112O12S. The summed E-state index contributed by atoms with van der Waals surface area (Å²) in [5.74, 6) is -1.95. The van der Waals surface area contributed by atoms with Gasteiger partial charge < -0.3 is 34.3 Å². The SMILES string of the molecule is CCCCCCCCCCCCCCCCCCCCCCCCCC(=O)OC[C@H](CO[C@H]1O[C@H](CS(=O)(=O)O)[C@@H](O)C(O)C1O)OC(=O)CCCCCCCCCCCCCCCCCCCCCC. The Morgan fingerprint density at radius 3 is 1.03 bits per heavy atom. The molecule has 0 aromatic rings. The Kier molecular flexibility index (Phi) is 46.0. The summed E-state index contributed by atoms with van der Waals surface area (Å²) in [6.45, 7) is 3.84. The third kappa shape index (κ3) is 42.6. The normalized spacial score (nSPS) is 18.8. The predicted molar refractivity (Wildman–Crippen MR) is 289 cm³/mol. The molecule has 0 aromatic carbocycles. The zero-order valence-electron chi connectivity index (χ0n) is 45.9. The van der Waals surface area contributed by atoms with Crippen LogP contribution in [-0.2, 0) is 38.7 Å². The molecule has 71 heavy (non-hydrogen) atoms. The third-order valence-corrected chi connectivity index (χ3v) is 15.2. The van der Waals surface area contributed by atoms with E-state index in [2.05, 4.69) is 13.8 Å². The number of rotatable bonds is 53. The van der Waals surface area contributed by atoms with Crippen molar-refractivity contribution in [1.82, 2.24) is 0 Å². The Morgan fingerprint density at radius 1 is 0.423 bits per heavy atom. The van der Waals surface area contributed by atoms with Crippen molar-refractivity contribution in [2.24, 2.45) is 0 Å². The van der Waals surface area contributed by atoms with Crippen LogP contribution in [0.2, 0.25) is 0 Å². The summed E-state index contributed by atoms with van der Waals surface area (Å²) in [6.07, 6.45) is 45.8. The van der Waals surface area contributed by atoms with E-state index in [0.717, 1.165) is 38.5 Å². The van der Waals surface area contributed by atoms with Gasteiger partial charge in [0, 0.05) is 12.8 Å². The molecule has 1 fully saturated rings. The molecule has 0 bridgehead atoms. The van der Waals surface area contributed by atoms with Gasteiger partial charge in [0.2, 0.25) is 0 Å². The molecule has 0 aromatic heterocycles. The molecule has 1 saturated heterocycles. The third-order valence-electron chi connectivity index (χ3n) is 14.4. The van der Waals surface area contributed by atoms with Crippen molar-refractivity contribution >= 4 is 22.1 Å². The van der Waals surface area contributed by atoms with Crippen LogP contribution in [0, 0.1) is 0 Å². The fourth-order valence-electron chi connectivity index (χ4n) is 9.80. The summed E-state index contributed by atoms with van der Waals surface area (Å²) in [7, 11) is -4.60. The van der Waals surface area contributed by atoms with Gasteiger partial charge in [-0.3, -0.25) is 14.1 Å². The van der Waals surface area contributed by atoms with E-state index < -0.39 is 71.2 Å². The number of esters is 2. The fourth-order valence-corrected chi connectivity index (χ4v) is 10.5. The number of hydrogen-bond donors (Lipinski definition) is 4. The molecule has 6 atom stereocenters. The van der Waals surface area contributed by atoms with Crippen molar-refractivity contribution in [2.45, 2.75) is 340 Å². The molecule has 1 aliphatic heterocycles. The number of carbonyl (C=O) groups excluding carboxylic acids is 2. The van der Waals surface area contributed by atoms with Crippen molar-refractivity contribution < 1.29 is 56.8 Å². The van der Waals surface area contributed by atoms with Gasteiger partial charge in [0.15, 0.2) is 12.4 Å². The van der Waals surface area contributed by atoms with E-state index in [0.29, 0.717) is 12.8 Å². The van der Waals surface area contributed by atoms with Crippen molar-refractivity contribution in [3.8, 4) is 0 Å². The highest BCUT2D eigenvalue weighted by Crippen LogP contribution is 2.24. The summed E-state index contributed by atoms with van der Waals surface area (Å²) >= 11 is 0. The minimum Gasteiger partial charge on any atom is -0.462 e. The minimum absolute atomic E-state index is 0.173. The first-order chi connectivity index (χ1) is 34.5. The molecule has 12 nitrogen and oxygen atoms in total. The van der Waals surface area contributed by atoms with E-state index in [1.165, 1.54) is 225 Å². The molecule has 1 aliphatic rings. The number of unbranched alkanes of at least 4 members (excludes halogenated alkanes) is 41. The quantitative estimate of drug-likeness (QED) is 0.0257. The highest BCUT2D eigenvalue weighted by Gasteiger charge is 2.46. The van der Waals surface area contributed by atoms with Gasteiger partial charge in [-0.2, -0.15) is 8.42 Å². The van der Waals surface area contributed by atoms with Gasteiger partial charge >= 0.3 is 11.9 Å². The second kappa shape index (κ2) is 48.3. The number of ether oxygens (including phenoxy) is 4. The molecule has 1 heterocycles. The number of hydrogen-bond acceptors (Lipinski definition) is 11. The topological polar surface area (TPSA) is 186 Å². The van der Waals surface area contributed by atoms with Gasteiger partial charge in [0.1, 0.15) is 36.8 Å². The lowest BCUT2D eigenvalue weighted by Crippen LogP contribution is -2.60. The van der Waals surface area contributed by atoms with Crippen LogP contribution in [0.25, 0.3) is 0 Å². The Balaban J connectivity index is 2.26. The first kappa shape index (κ1) is 67.7.